The number of urea groups is 1. The number of benzene rings is 3. The zero-order chi connectivity index (χ0) is 30.2. The molecule has 2 N–H and O–H groups in total. The molecule has 3 aromatic rings. The van der Waals surface area contributed by atoms with E-state index >= 15 is 0 Å². The molecule has 0 bridgehead atoms. The molecule has 0 unspecified atom stereocenters. The van der Waals surface area contributed by atoms with Crippen LogP contribution in [0.5, 0.6) is 17.2 Å². The first-order valence-corrected chi connectivity index (χ1v) is 12.7. The van der Waals surface area contributed by atoms with Crippen LogP contribution >= 0.6 is 0 Å². The standard InChI is InChI=1S/C30H28N4O8/c1-4-7-21-14-20(16-26(41-3)28(21)42-18-19-10-12-22(13-11-19)34(38)39)15-24-29(36)33(30(37)32-24)17-27(35)31-23-8-5-6-9-25(23)40-2/h4-6,8-16H,1,7,17-18H2,2-3H3,(H,31,35)(H,32,37)/b24-15+. The Morgan fingerprint density at radius 3 is 2.45 bits per heavy atom. The minimum Gasteiger partial charge on any atom is -0.495 e. The molecule has 0 aromatic heterocycles. The molecule has 0 atom stereocenters. The number of hydrogen-bond donors (Lipinski definition) is 2. The first-order chi connectivity index (χ1) is 20.2. The number of hydrogen-bond acceptors (Lipinski definition) is 8. The lowest BCUT2D eigenvalue weighted by Crippen LogP contribution is -2.38. The van der Waals surface area contributed by atoms with Crippen molar-refractivity contribution in [3.63, 3.8) is 0 Å². The smallest absolute Gasteiger partial charge is 0.329 e. The lowest BCUT2D eigenvalue weighted by Gasteiger charge is -2.16. The van der Waals surface area contributed by atoms with Crippen LogP contribution in [0.25, 0.3) is 6.08 Å². The minimum atomic E-state index is -0.734. The van der Waals surface area contributed by atoms with Crippen molar-refractivity contribution >= 4 is 35.3 Å². The van der Waals surface area contributed by atoms with Gasteiger partial charge in [-0.15, -0.1) is 6.58 Å². The van der Waals surface area contributed by atoms with E-state index in [0.717, 1.165) is 4.90 Å². The van der Waals surface area contributed by atoms with E-state index in [1.54, 1.807) is 54.6 Å². The molecule has 12 heteroatoms. The third-order valence-corrected chi connectivity index (χ3v) is 6.22. The molecule has 3 aromatic carbocycles. The number of non-ortho nitro benzene ring substituents is 1. The van der Waals surface area contributed by atoms with Gasteiger partial charge in [0.1, 0.15) is 24.6 Å². The Morgan fingerprint density at radius 2 is 1.79 bits per heavy atom. The molecule has 1 aliphatic heterocycles. The van der Waals surface area contributed by atoms with E-state index in [1.165, 1.54) is 32.4 Å². The number of nitrogens with one attached hydrogen (secondary N) is 2. The van der Waals surface area contributed by atoms with Crippen LogP contribution in [-0.4, -0.2) is 48.4 Å². The molecule has 1 aliphatic rings. The third kappa shape index (κ3) is 6.73. The molecular formula is C30H28N4O8. The lowest BCUT2D eigenvalue weighted by molar-refractivity contribution is -0.384. The topological polar surface area (TPSA) is 149 Å². The Bertz CT molecular complexity index is 1570. The van der Waals surface area contributed by atoms with Gasteiger partial charge >= 0.3 is 6.03 Å². The number of nitro benzene ring substituents is 1. The van der Waals surface area contributed by atoms with Crippen molar-refractivity contribution in [2.75, 3.05) is 26.1 Å². The maximum atomic E-state index is 13.0. The number of nitro groups is 1. The number of amides is 4. The monoisotopic (exact) mass is 572 g/mol. The number of anilines is 1. The summed E-state index contributed by atoms with van der Waals surface area (Å²) < 4.78 is 16.8. The maximum Gasteiger partial charge on any atom is 0.329 e. The first kappa shape index (κ1) is 29.3. The molecule has 4 amide bonds. The van der Waals surface area contributed by atoms with Crippen LogP contribution in [0.4, 0.5) is 16.2 Å². The van der Waals surface area contributed by atoms with Gasteiger partial charge < -0.3 is 24.8 Å². The largest absolute Gasteiger partial charge is 0.495 e. The predicted octanol–water partition coefficient (Wildman–Crippen LogP) is 4.45. The Balaban J connectivity index is 1.51. The van der Waals surface area contributed by atoms with E-state index in [2.05, 4.69) is 17.2 Å². The van der Waals surface area contributed by atoms with Gasteiger partial charge in [0.05, 0.1) is 24.8 Å². The van der Waals surface area contributed by atoms with E-state index in [4.69, 9.17) is 14.2 Å². The number of nitrogens with zero attached hydrogens (tertiary/aromatic N) is 2. The molecule has 42 heavy (non-hydrogen) atoms. The van der Waals surface area contributed by atoms with Crippen molar-refractivity contribution in [1.29, 1.82) is 0 Å². The highest BCUT2D eigenvalue weighted by molar-refractivity contribution is 6.16. The summed E-state index contributed by atoms with van der Waals surface area (Å²) in [6.07, 6.45) is 3.56. The predicted molar refractivity (Wildman–Crippen MR) is 154 cm³/mol. The molecule has 4 rings (SSSR count). The summed E-state index contributed by atoms with van der Waals surface area (Å²) in [4.78, 5) is 49.5. The zero-order valence-corrected chi connectivity index (χ0v) is 22.9. The highest BCUT2D eigenvalue weighted by atomic mass is 16.6. The quantitative estimate of drug-likeness (QED) is 0.106. The summed E-state index contributed by atoms with van der Waals surface area (Å²) in [5, 5.41) is 16.1. The van der Waals surface area contributed by atoms with Crippen LogP contribution in [0.15, 0.2) is 79.0 Å². The second kappa shape index (κ2) is 13.1. The average Bonchev–Trinajstić information content (AvgIpc) is 3.24. The van der Waals surface area contributed by atoms with E-state index in [-0.39, 0.29) is 18.0 Å². The van der Waals surface area contributed by atoms with Crippen LogP contribution < -0.4 is 24.8 Å². The van der Waals surface area contributed by atoms with E-state index in [0.29, 0.717) is 46.0 Å². The summed E-state index contributed by atoms with van der Waals surface area (Å²) in [5.74, 6) is 0.00181. The lowest BCUT2D eigenvalue weighted by atomic mass is 10.0. The van der Waals surface area contributed by atoms with Crippen LogP contribution in [0, 0.1) is 10.1 Å². The van der Waals surface area contributed by atoms with Crippen molar-refractivity contribution in [2.45, 2.75) is 13.0 Å². The first-order valence-electron chi connectivity index (χ1n) is 12.7. The number of ether oxygens (including phenoxy) is 3. The summed E-state index contributed by atoms with van der Waals surface area (Å²) in [6, 6.07) is 15.4. The minimum absolute atomic E-state index is 0.0174. The highest BCUT2D eigenvalue weighted by Gasteiger charge is 2.35. The number of para-hydroxylation sites is 2. The van der Waals surface area contributed by atoms with Gasteiger partial charge in [-0.3, -0.25) is 19.7 Å². The van der Waals surface area contributed by atoms with Gasteiger partial charge in [-0.25, -0.2) is 9.69 Å². The third-order valence-electron chi connectivity index (χ3n) is 6.22. The van der Waals surface area contributed by atoms with Crippen molar-refractivity contribution < 1.29 is 33.5 Å². The Morgan fingerprint density at radius 1 is 1.07 bits per heavy atom. The number of methoxy groups -OCH3 is 2. The fourth-order valence-corrected chi connectivity index (χ4v) is 4.22. The number of rotatable bonds is 12. The van der Waals surface area contributed by atoms with E-state index in [9.17, 15) is 24.5 Å². The normalized spacial score (nSPS) is 13.5. The number of carbonyl (C=O) groups is 3. The van der Waals surface area contributed by atoms with Gasteiger partial charge in [-0.2, -0.15) is 0 Å². The number of allylic oxidation sites excluding steroid dienone is 1. The molecule has 216 valence electrons. The Labute approximate surface area is 241 Å². The summed E-state index contributed by atoms with van der Waals surface area (Å²) in [6.45, 7) is 3.42. The molecule has 0 radical (unpaired) electrons. The van der Waals surface area contributed by atoms with Crippen molar-refractivity contribution in [2.24, 2.45) is 0 Å². The van der Waals surface area contributed by atoms with Crippen LogP contribution in [0.2, 0.25) is 0 Å². The van der Waals surface area contributed by atoms with Gasteiger partial charge in [0.25, 0.3) is 11.6 Å². The molecule has 1 heterocycles. The fraction of sp³-hybridized carbons (Fsp3) is 0.167. The number of imide groups is 1. The second-order valence-electron chi connectivity index (χ2n) is 9.04. The number of carbonyl (C=O) groups excluding carboxylic acids is 3. The van der Waals surface area contributed by atoms with Crippen LogP contribution in [0.1, 0.15) is 16.7 Å². The fourth-order valence-electron chi connectivity index (χ4n) is 4.22. The highest BCUT2D eigenvalue weighted by Crippen LogP contribution is 2.35. The summed E-state index contributed by atoms with van der Waals surface area (Å²) in [7, 11) is 2.93. The zero-order valence-electron chi connectivity index (χ0n) is 22.9. The van der Waals surface area contributed by atoms with Gasteiger partial charge in [-0.1, -0.05) is 18.2 Å². The summed E-state index contributed by atoms with van der Waals surface area (Å²) >= 11 is 0. The van der Waals surface area contributed by atoms with Crippen LogP contribution in [-0.2, 0) is 22.6 Å². The van der Waals surface area contributed by atoms with Crippen molar-refractivity contribution in [3.05, 3.63) is 106 Å². The van der Waals surface area contributed by atoms with E-state index < -0.39 is 29.3 Å². The molecule has 12 nitrogen and oxygen atoms in total. The molecular weight excluding hydrogens is 544 g/mol. The molecule has 1 fully saturated rings. The molecule has 0 saturated carbocycles. The molecule has 0 aliphatic carbocycles. The molecule has 0 spiro atoms. The van der Waals surface area contributed by atoms with Gasteiger partial charge in [0.15, 0.2) is 11.5 Å². The van der Waals surface area contributed by atoms with Crippen molar-refractivity contribution in [1.82, 2.24) is 10.2 Å². The molecule has 1 saturated heterocycles. The van der Waals surface area contributed by atoms with Gasteiger partial charge in [-0.05, 0) is 60.0 Å². The van der Waals surface area contributed by atoms with E-state index in [1.807, 2.05) is 0 Å². The van der Waals surface area contributed by atoms with Crippen molar-refractivity contribution in [3.8, 4) is 17.2 Å². The average molecular weight is 573 g/mol. The Kier molecular flexibility index (Phi) is 9.17. The SMILES string of the molecule is C=CCc1cc(/C=C2/NC(=O)N(CC(=O)Nc3ccccc3OC)C2=O)cc(OC)c1OCc1ccc([N+](=O)[O-])cc1. The second-order valence-corrected chi connectivity index (χ2v) is 9.04. The Hall–Kier alpha value is -5.65. The van der Waals surface area contributed by atoms with Crippen LogP contribution in [0.3, 0.4) is 0 Å². The van der Waals surface area contributed by atoms with Gasteiger partial charge in [0, 0.05) is 17.7 Å². The van der Waals surface area contributed by atoms with Gasteiger partial charge in [0.2, 0.25) is 5.91 Å². The summed E-state index contributed by atoms with van der Waals surface area (Å²) in [5.41, 5.74) is 2.32. The maximum absolute atomic E-state index is 13.0.